The summed E-state index contributed by atoms with van der Waals surface area (Å²) in [6.07, 6.45) is 3.86. The van der Waals surface area contributed by atoms with Crippen molar-refractivity contribution in [3.8, 4) is 0 Å². The zero-order valence-electron chi connectivity index (χ0n) is 19.3. The highest BCUT2D eigenvalue weighted by atomic mass is 16.5. The number of hydrogen-bond acceptors (Lipinski definition) is 5. The van der Waals surface area contributed by atoms with Crippen LogP contribution in [0.15, 0.2) is 52.1 Å². The summed E-state index contributed by atoms with van der Waals surface area (Å²) in [6.45, 7) is 1.85. The van der Waals surface area contributed by atoms with Crippen LogP contribution in [-0.2, 0) is 11.3 Å². The molecule has 1 heterocycles. The van der Waals surface area contributed by atoms with Gasteiger partial charge in [-0.25, -0.2) is 9.59 Å². The summed E-state index contributed by atoms with van der Waals surface area (Å²) >= 11 is 0. The molecular weight excluding hydrogens is 436 g/mol. The molecule has 4 rings (SSSR count). The minimum Gasteiger partial charge on any atom is -0.383 e. The fourth-order valence-corrected chi connectivity index (χ4v) is 4.47. The van der Waals surface area contributed by atoms with Crippen LogP contribution in [0.5, 0.6) is 0 Å². The van der Waals surface area contributed by atoms with E-state index in [2.05, 4.69) is 10.6 Å². The second-order valence-corrected chi connectivity index (χ2v) is 8.49. The second kappa shape index (κ2) is 10.0. The molecule has 2 N–H and O–H groups in total. The van der Waals surface area contributed by atoms with E-state index in [0.29, 0.717) is 27.8 Å². The first kappa shape index (κ1) is 23.4. The van der Waals surface area contributed by atoms with Gasteiger partial charge in [-0.05, 0) is 50.1 Å². The minimum absolute atomic E-state index is 0.0417. The highest BCUT2D eigenvalue weighted by molar-refractivity contribution is 6.02. The maximum absolute atomic E-state index is 13.2. The molecule has 1 aromatic heterocycles. The van der Waals surface area contributed by atoms with Gasteiger partial charge in [-0.3, -0.25) is 18.7 Å². The average Bonchev–Trinajstić information content (AvgIpc) is 3.34. The number of rotatable bonds is 7. The Hall–Kier alpha value is -3.72. The summed E-state index contributed by atoms with van der Waals surface area (Å²) in [7, 11) is 1.52. The van der Waals surface area contributed by atoms with Crippen LogP contribution in [0, 0.1) is 0 Å². The lowest BCUT2D eigenvalue weighted by molar-refractivity contribution is 0.101. The Labute approximate surface area is 196 Å². The van der Waals surface area contributed by atoms with Crippen molar-refractivity contribution in [3.05, 3.63) is 68.9 Å². The number of aromatic nitrogens is 2. The summed E-state index contributed by atoms with van der Waals surface area (Å²) in [6, 6.07) is 11.2. The van der Waals surface area contributed by atoms with E-state index in [0.717, 1.165) is 25.7 Å². The molecule has 1 aliphatic carbocycles. The Bertz CT molecular complexity index is 1350. The molecule has 178 valence electrons. The van der Waals surface area contributed by atoms with Crippen LogP contribution in [0.1, 0.15) is 49.0 Å². The summed E-state index contributed by atoms with van der Waals surface area (Å²) in [5.74, 6) is -0.100. The van der Waals surface area contributed by atoms with Crippen molar-refractivity contribution >= 4 is 34.1 Å². The average molecular weight is 465 g/mol. The first-order valence-corrected chi connectivity index (χ1v) is 11.4. The van der Waals surface area contributed by atoms with E-state index in [1.807, 2.05) is 0 Å². The molecule has 3 aromatic rings. The molecule has 0 atom stereocenters. The number of amides is 2. The third-order valence-electron chi connectivity index (χ3n) is 6.16. The zero-order chi connectivity index (χ0) is 24.2. The first-order valence-electron chi connectivity index (χ1n) is 11.4. The Morgan fingerprint density at radius 2 is 1.74 bits per heavy atom. The number of urea groups is 1. The van der Waals surface area contributed by atoms with E-state index in [4.69, 9.17) is 4.74 Å². The van der Waals surface area contributed by atoms with E-state index in [1.165, 1.54) is 18.6 Å². The van der Waals surface area contributed by atoms with Gasteiger partial charge in [-0.2, -0.15) is 0 Å². The molecular formula is C25H28N4O5. The molecule has 0 bridgehead atoms. The predicted molar refractivity (Wildman–Crippen MR) is 131 cm³/mol. The number of nitrogens with one attached hydrogen (secondary N) is 2. The summed E-state index contributed by atoms with van der Waals surface area (Å²) in [4.78, 5) is 50.5. The molecule has 2 amide bonds. The second-order valence-electron chi connectivity index (χ2n) is 8.49. The van der Waals surface area contributed by atoms with Gasteiger partial charge < -0.3 is 15.4 Å². The Kier molecular flexibility index (Phi) is 6.93. The van der Waals surface area contributed by atoms with Gasteiger partial charge in [0, 0.05) is 30.1 Å². The molecule has 9 nitrogen and oxygen atoms in total. The minimum atomic E-state index is -0.510. The Morgan fingerprint density at radius 1 is 1.03 bits per heavy atom. The van der Waals surface area contributed by atoms with Gasteiger partial charge >= 0.3 is 11.7 Å². The third-order valence-corrected chi connectivity index (χ3v) is 6.16. The van der Waals surface area contributed by atoms with E-state index < -0.39 is 11.6 Å². The zero-order valence-corrected chi connectivity index (χ0v) is 19.3. The maximum Gasteiger partial charge on any atom is 0.331 e. The fraction of sp³-hybridized carbons (Fsp3) is 0.360. The van der Waals surface area contributed by atoms with Crippen molar-refractivity contribution in [2.24, 2.45) is 0 Å². The molecule has 0 saturated heterocycles. The van der Waals surface area contributed by atoms with Crippen LogP contribution in [0.2, 0.25) is 0 Å². The first-order chi connectivity index (χ1) is 16.4. The van der Waals surface area contributed by atoms with Crippen LogP contribution in [-0.4, -0.2) is 34.7 Å². The quantitative estimate of drug-likeness (QED) is 0.517. The molecule has 0 unspecified atom stereocenters. The lowest BCUT2D eigenvalue weighted by Gasteiger charge is -2.19. The molecule has 0 radical (unpaired) electrons. The SMILES string of the molecule is COCCn1c(=O)c2cc(NC(=O)Nc3cccc(C(C)=O)c3)ccc2n(C2CCCC2)c1=O. The molecule has 1 fully saturated rings. The number of carbonyl (C=O) groups excluding carboxylic acids is 2. The number of ether oxygens (including phenoxy) is 1. The topological polar surface area (TPSA) is 111 Å². The summed E-state index contributed by atoms with van der Waals surface area (Å²) in [5, 5.41) is 5.79. The van der Waals surface area contributed by atoms with Crippen molar-refractivity contribution in [2.45, 2.75) is 45.2 Å². The van der Waals surface area contributed by atoms with Gasteiger partial charge in [0.05, 0.1) is 24.1 Å². The summed E-state index contributed by atoms with van der Waals surface area (Å²) < 4.78 is 8.02. The van der Waals surface area contributed by atoms with E-state index in [9.17, 15) is 19.2 Å². The molecule has 9 heteroatoms. The molecule has 0 spiro atoms. The normalized spacial score (nSPS) is 13.8. The van der Waals surface area contributed by atoms with Gasteiger partial charge in [0.2, 0.25) is 0 Å². The number of ketones is 1. The maximum atomic E-state index is 13.2. The van der Waals surface area contributed by atoms with E-state index in [-0.39, 0.29) is 30.7 Å². The van der Waals surface area contributed by atoms with E-state index >= 15 is 0 Å². The Morgan fingerprint density at radius 3 is 2.41 bits per heavy atom. The van der Waals surface area contributed by atoms with Gasteiger partial charge in [0.1, 0.15) is 0 Å². The van der Waals surface area contributed by atoms with Gasteiger partial charge in [0.15, 0.2) is 5.78 Å². The van der Waals surface area contributed by atoms with Crippen LogP contribution in [0.25, 0.3) is 10.9 Å². The number of anilines is 2. The van der Waals surface area contributed by atoms with Crippen LogP contribution < -0.4 is 21.9 Å². The molecule has 2 aromatic carbocycles. The molecule has 0 aliphatic heterocycles. The number of Topliss-reactive ketones (excluding diaryl/α,β-unsaturated/α-hetero) is 1. The highest BCUT2D eigenvalue weighted by Gasteiger charge is 2.23. The molecule has 34 heavy (non-hydrogen) atoms. The molecule has 1 aliphatic rings. The van der Waals surface area contributed by atoms with Crippen molar-refractivity contribution in [3.63, 3.8) is 0 Å². The van der Waals surface area contributed by atoms with Gasteiger partial charge in [0.25, 0.3) is 5.56 Å². The highest BCUT2D eigenvalue weighted by Crippen LogP contribution is 2.30. The third kappa shape index (κ3) is 4.79. The number of fused-ring (bicyclic) bond motifs is 1. The van der Waals surface area contributed by atoms with Crippen molar-refractivity contribution in [1.82, 2.24) is 9.13 Å². The number of hydrogen-bond donors (Lipinski definition) is 2. The number of benzene rings is 2. The largest absolute Gasteiger partial charge is 0.383 e. The number of carbonyl (C=O) groups is 2. The fourth-order valence-electron chi connectivity index (χ4n) is 4.47. The van der Waals surface area contributed by atoms with Crippen LogP contribution in [0.3, 0.4) is 0 Å². The molecule has 1 saturated carbocycles. The summed E-state index contributed by atoms with van der Waals surface area (Å²) in [5.41, 5.74) is 1.21. The Balaban J connectivity index is 1.68. The lowest BCUT2D eigenvalue weighted by Crippen LogP contribution is -2.42. The number of nitrogens with zero attached hydrogens (tertiary/aromatic N) is 2. The van der Waals surface area contributed by atoms with Gasteiger partial charge in [-0.15, -0.1) is 0 Å². The van der Waals surface area contributed by atoms with Crippen LogP contribution in [0.4, 0.5) is 16.2 Å². The van der Waals surface area contributed by atoms with E-state index in [1.54, 1.807) is 47.0 Å². The van der Waals surface area contributed by atoms with Gasteiger partial charge in [-0.1, -0.05) is 25.0 Å². The lowest BCUT2D eigenvalue weighted by atomic mass is 10.1. The standard InChI is InChI=1S/C25H28N4O5/c1-16(30)17-6-5-7-18(14-17)26-24(32)27-19-10-11-22-21(15-19)23(31)28(12-13-34-2)25(33)29(22)20-8-3-4-9-20/h5-7,10-11,14-15,20H,3-4,8-9,12-13H2,1-2H3,(H2,26,27,32). The monoisotopic (exact) mass is 464 g/mol. The van der Waals surface area contributed by atoms with Crippen molar-refractivity contribution in [1.29, 1.82) is 0 Å². The van der Waals surface area contributed by atoms with Crippen LogP contribution >= 0.6 is 0 Å². The number of methoxy groups -OCH3 is 1. The van der Waals surface area contributed by atoms with Crippen molar-refractivity contribution < 1.29 is 14.3 Å². The smallest absolute Gasteiger partial charge is 0.331 e. The van der Waals surface area contributed by atoms with Crippen molar-refractivity contribution in [2.75, 3.05) is 24.4 Å². The predicted octanol–water partition coefficient (Wildman–Crippen LogP) is 3.77.